The van der Waals surface area contributed by atoms with Gasteiger partial charge >= 0.3 is 5.97 Å². The fourth-order valence-corrected chi connectivity index (χ4v) is 3.82. The summed E-state index contributed by atoms with van der Waals surface area (Å²) in [6.45, 7) is 0.433. The van der Waals surface area contributed by atoms with Crippen LogP contribution in [-0.4, -0.2) is 42.0 Å². The SMILES string of the molecule is COc1cc(OC)c(-c2nccn2Cc2ccc(-c3ccccc3)c(C(=O)O)c2)cc1OC. The van der Waals surface area contributed by atoms with Crippen LogP contribution in [0.3, 0.4) is 0 Å². The van der Waals surface area contributed by atoms with Crippen molar-refractivity contribution in [3.63, 3.8) is 0 Å². The van der Waals surface area contributed by atoms with Crippen LogP contribution in [0.2, 0.25) is 0 Å². The van der Waals surface area contributed by atoms with E-state index in [-0.39, 0.29) is 5.56 Å². The first-order valence-electron chi connectivity index (χ1n) is 10.3. The first-order chi connectivity index (χ1) is 16.0. The van der Waals surface area contributed by atoms with Crippen molar-refractivity contribution in [1.29, 1.82) is 0 Å². The second-order valence-corrected chi connectivity index (χ2v) is 7.34. The molecule has 0 radical (unpaired) electrons. The average Bonchev–Trinajstić information content (AvgIpc) is 3.31. The molecule has 0 aliphatic heterocycles. The highest BCUT2D eigenvalue weighted by atomic mass is 16.5. The zero-order valence-electron chi connectivity index (χ0n) is 18.6. The second kappa shape index (κ2) is 9.48. The van der Waals surface area contributed by atoms with Crippen molar-refractivity contribution in [3.8, 4) is 39.8 Å². The molecule has 0 saturated heterocycles. The number of hydrogen-bond donors (Lipinski definition) is 1. The number of aromatic carboxylic acids is 1. The molecule has 0 unspecified atom stereocenters. The lowest BCUT2D eigenvalue weighted by molar-refractivity contribution is 0.0697. The Morgan fingerprint density at radius 1 is 0.879 bits per heavy atom. The Kier molecular flexibility index (Phi) is 6.31. The minimum Gasteiger partial charge on any atom is -0.496 e. The third-order valence-electron chi connectivity index (χ3n) is 5.41. The van der Waals surface area contributed by atoms with E-state index in [1.807, 2.05) is 59.3 Å². The van der Waals surface area contributed by atoms with E-state index in [0.29, 0.717) is 35.2 Å². The summed E-state index contributed by atoms with van der Waals surface area (Å²) in [5, 5.41) is 9.82. The molecule has 33 heavy (non-hydrogen) atoms. The first-order valence-corrected chi connectivity index (χ1v) is 10.3. The predicted octanol–water partition coefficient (Wildman–Crippen LogP) is 4.99. The largest absolute Gasteiger partial charge is 0.496 e. The van der Waals surface area contributed by atoms with Crippen molar-refractivity contribution in [1.82, 2.24) is 9.55 Å². The number of hydrogen-bond acceptors (Lipinski definition) is 5. The van der Waals surface area contributed by atoms with Crippen molar-refractivity contribution in [2.24, 2.45) is 0 Å². The number of aromatic nitrogens is 2. The maximum Gasteiger partial charge on any atom is 0.336 e. The number of benzene rings is 3. The van der Waals surface area contributed by atoms with Crippen molar-refractivity contribution >= 4 is 5.97 Å². The lowest BCUT2D eigenvalue weighted by Crippen LogP contribution is -2.06. The third kappa shape index (κ3) is 4.39. The van der Waals surface area contributed by atoms with Crippen LogP contribution in [0.1, 0.15) is 15.9 Å². The van der Waals surface area contributed by atoms with Gasteiger partial charge in [-0.25, -0.2) is 9.78 Å². The number of rotatable bonds is 8. The average molecular weight is 444 g/mol. The molecule has 0 amide bonds. The van der Waals surface area contributed by atoms with E-state index in [2.05, 4.69) is 4.98 Å². The molecule has 1 heterocycles. The van der Waals surface area contributed by atoms with E-state index in [1.165, 1.54) is 0 Å². The molecule has 0 fully saturated rings. The molecule has 7 heteroatoms. The van der Waals surface area contributed by atoms with Crippen molar-refractivity contribution in [2.75, 3.05) is 21.3 Å². The van der Waals surface area contributed by atoms with E-state index in [0.717, 1.165) is 16.7 Å². The first kappa shape index (κ1) is 22.0. The van der Waals surface area contributed by atoms with Crippen molar-refractivity contribution < 1.29 is 24.1 Å². The van der Waals surface area contributed by atoms with E-state index in [1.54, 1.807) is 39.7 Å². The van der Waals surface area contributed by atoms with E-state index in [9.17, 15) is 9.90 Å². The number of imidazole rings is 1. The molecule has 0 aliphatic carbocycles. The molecule has 4 aromatic rings. The van der Waals surface area contributed by atoms with E-state index < -0.39 is 5.97 Å². The molecule has 0 spiro atoms. The molecule has 1 N–H and O–H groups in total. The summed E-state index contributed by atoms with van der Waals surface area (Å²) in [5.74, 6) is 1.40. The molecule has 1 aromatic heterocycles. The van der Waals surface area contributed by atoms with Crippen LogP contribution in [0.15, 0.2) is 73.1 Å². The summed E-state index contributed by atoms with van der Waals surface area (Å²) in [4.78, 5) is 16.5. The fourth-order valence-electron chi connectivity index (χ4n) is 3.82. The quantitative estimate of drug-likeness (QED) is 0.412. The molecule has 0 atom stereocenters. The summed E-state index contributed by atoms with van der Waals surface area (Å²) in [5.41, 5.74) is 3.37. The number of carbonyl (C=O) groups is 1. The van der Waals surface area contributed by atoms with Crippen molar-refractivity contribution in [3.05, 3.63) is 84.2 Å². The van der Waals surface area contributed by atoms with Crippen LogP contribution >= 0.6 is 0 Å². The Labute approximate surface area is 191 Å². The maximum absolute atomic E-state index is 12.0. The van der Waals surface area contributed by atoms with Gasteiger partial charge in [0, 0.05) is 25.0 Å². The van der Waals surface area contributed by atoms with Crippen LogP contribution in [0, 0.1) is 0 Å². The van der Waals surface area contributed by atoms with Gasteiger partial charge in [-0.2, -0.15) is 0 Å². The zero-order valence-corrected chi connectivity index (χ0v) is 18.6. The Hall–Kier alpha value is -4.26. The number of carboxylic acids is 1. The molecule has 0 aliphatic rings. The minimum atomic E-state index is -0.969. The molecule has 0 saturated carbocycles. The molecule has 4 rings (SSSR count). The highest BCUT2D eigenvalue weighted by molar-refractivity contribution is 5.96. The minimum absolute atomic E-state index is 0.254. The van der Waals surface area contributed by atoms with Crippen LogP contribution < -0.4 is 14.2 Å². The third-order valence-corrected chi connectivity index (χ3v) is 5.41. The summed E-state index contributed by atoms with van der Waals surface area (Å²) in [6.07, 6.45) is 3.54. The number of carboxylic acid groups (broad SMARTS) is 1. The Balaban J connectivity index is 1.73. The normalized spacial score (nSPS) is 10.6. The highest BCUT2D eigenvalue weighted by Crippen LogP contribution is 2.39. The molecule has 7 nitrogen and oxygen atoms in total. The smallest absolute Gasteiger partial charge is 0.336 e. The second-order valence-electron chi connectivity index (χ2n) is 7.34. The van der Waals surface area contributed by atoms with Gasteiger partial charge in [0.15, 0.2) is 11.5 Å². The summed E-state index contributed by atoms with van der Waals surface area (Å²) >= 11 is 0. The molecule has 0 bridgehead atoms. The Morgan fingerprint density at radius 3 is 2.24 bits per heavy atom. The van der Waals surface area contributed by atoms with E-state index >= 15 is 0 Å². The van der Waals surface area contributed by atoms with Gasteiger partial charge in [-0.3, -0.25) is 0 Å². The Morgan fingerprint density at radius 2 is 1.58 bits per heavy atom. The lowest BCUT2D eigenvalue weighted by Gasteiger charge is -2.16. The number of ether oxygens (including phenoxy) is 3. The number of nitrogens with zero attached hydrogens (tertiary/aromatic N) is 2. The van der Waals surface area contributed by atoms with E-state index in [4.69, 9.17) is 14.2 Å². The summed E-state index contributed by atoms with van der Waals surface area (Å²) in [6, 6.07) is 18.6. The van der Waals surface area contributed by atoms with Gasteiger partial charge in [0.25, 0.3) is 0 Å². The highest BCUT2D eigenvalue weighted by Gasteiger charge is 2.18. The maximum atomic E-state index is 12.0. The zero-order chi connectivity index (χ0) is 23.4. The molecule has 168 valence electrons. The molecular formula is C26H24N2O5. The van der Waals surface area contributed by atoms with Gasteiger partial charge in [-0.05, 0) is 28.8 Å². The topological polar surface area (TPSA) is 82.8 Å². The van der Waals surface area contributed by atoms with Crippen LogP contribution in [0.5, 0.6) is 17.2 Å². The van der Waals surface area contributed by atoms with Gasteiger partial charge in [0.2, 0.25) is 0 Å². The van der Waals surface area contributed by atoms with Crippen LogP contribution in [0.4, 0.5) is 0 Å². The monoisotopic (exact) mass is 444 g/mol. The van der Waals surface area contributed by atoms with Gasteiger partial charge in [0.1, 0.15) is 11.6 Å². The van der Waals surface area contributed by atoms with Crippen LogP contribution in [0.25, 0.3) is 22.5 Å². The van der Waals surface area contributed by atoms with Gasteiger partial charge < -0.3 is 23.9 Å². The van der Waals surface area contributed by atoms with Gasteiger partial charge in [0.05, 0.1) is 32.5 Å². The summed E-state index contributed by atoms with van der Waals surface area (Å²) < 4.78 is 18.3. The Bertz CT molecular complexity index is 1280. The predicted molar refractivity (Wildman–Crippen MR) is 125 cm³/mol. The molecule has 3 aromatic carbocycles. The number of methoxy groups -OCH3 is 3. The van der Waals surface area contributed by atoms with Crippen molar-refractivity contribution in [2.45, 2.75) is 6.54 Å². The fraction of sp³-hybridized carbons (Fsp3) is 0.154. The van der Waals surface area contributed by atoms with Gasteiger partial charge in [-0.1, -0.05) is 42.5 Å². The molecular weight excluding hydrogens is 420 g/mol. The standard InChI is InChI=1S/C26H24N2O5/c1-31-22-15-24(33-3)23(32-2)14-21(22)25-27-11-12-28(25)16-17-9-10-19(20(13-17)26(29)30)18-7-5-4-6-8-18/h4-15H,16H2,1-3H3,(H,29,30). The lowest BCUT2D eigenvalue weighted by atomic mass is 9.97. The van der Waals surface area contributed by atoms with Gasteiger partial charge in [-0.15, -0.1) is 0 Å². The summed E-state index contributed by atoms with van der Waals surface area (Å²) in [7, 11) is 4.72. The van der Waals surface area contributed by atoms with Crippen LogP contribution in [-0.2, 0) is 6.54 Å².